The first-order chi connectivity index (χ1) is 14.3. The molecule has 2 N–H and O–H groups in total. The van der Waals surface area contributed by atoms with Crippen molar-refractivity contribution in [3.8, 4) is 5.75 Å². The summed E-state index contributed by atoms with van der Waals surface area (Å²) in [6, 6.07) is 8.21. The second-order valence-corrected chi connectivity index (χ2v) is 7.38. The van der Waals surface area contributed by atoms with E-state index >= 15 is 0 Å². The van der Waals surface area contributed by atoms with E-state index in [0.717, 1.165) is 75.2 Å². The number of aryl methyl sites for hydroxylation is 2. The molecule has 0 saturated carbocycles. The number of aliphatic imine (C=N–C) groups is 1. The van der Waals surface area contributed by atoms with Gasteiger partial charge in [0.2, 0.25) is 0 Å². The Morgan fingerprint density at radius 1 is 1.10 bits per heavy atom. The van der Waals surface area contributed by atoms with Gasteiger partial charge in [-0.1, -0.05) is 18.6 Å². The van der Waals surface area contributed by atoms with Crippen LogP contribution in [0.25, 0.3) is 0 Å². The van der Waals surface area contributed by atoms with Crippen molar-refractivity contribution in [3.63, 3.8) is 0 Å². The monoisotopic (exact) mass is 526 g/mol. The number of halogens is 1. The Labute approximate surface area is 197 Å². The van der Waals surface area contributed by atoms with E-state index in [4.69, 9.17) is 9.73 Å². The lowest BCUT2D eigenvalue weighted by Gasteiger charge is -2.11. The fourth-order valence-corrected chi connectivity index (χ4v) is 3.62. The van der Waals surface area contributed by atoms with Crippen LogP contribution >= 0.6 is 24.0 Å². The number of nitrogens with one attached hydrogen (secondary N) is 2. The first-order valence-corrected chi connectivity index (χ1v) is 10.9. The molecule has 2 aromatic rings. The Hall–Kier alpha value is -1.84. The molecule has 0 spiro atoms. The summed E-state index contributed by atoms with van der Waals surface area (Å²) in [6.45, 7) is 5.63. The van der Waals surface area contributed by atoms with Gasteiger partial charge in [-0.15, -0.1) is 34.2 Å². The molecule has 0 saturated heterocycles. The first kappa shape index (κ1) is 24.4. The number of benzene rings is 1. The SMILES string of the molecule is CCNC(=NCCCc1nnc2n1CCCCC2)NCCc1ccc(OC)cc1.I. The third kappa shape index (κ3) is 7.45. The van der Waals surface area contributed by atoms with E-state index in [1.807, 2.05) is 12.1 Å². The molecule has 0 fully saturated rings. The van der Waals surface area contributed by atoms with Crippen molar-refractivity contribution in [2.45, 2.75) is 58.4 Å². The minimum absolute atomic E-state index is 0. The van der Waals surface area contributed by atoms with Crippen LogP contribution in [0.15, 0.2) is 29.3 Å². The number of ether oxygens (including phenoxy) is 1. The highest BCUT2D eigenvalue weighted by Crippen LogP contribution is 2.15. The Kier molecular flexibility index (Phi) is 11.0. The maximum Gasteiger partial charge on any atom is 0.191 e. The second-order valence-electron chi connectivity index (χ2n) is 7.38. The van der Waals surface area contributed by atoms with Crippen LogP contribution in [0.2, 0.25) is 0 Å². The zero-order chi connectivity index (χ0) is 20.3. The molecule has 0 atom stereocenters. The van der Waals surface area contributed by atoms with Crippen LogP contribution in [0.4, 0.5) is 0 Å². The Morgan fingerprint density at radius 3 is 2.70 bits per heavy atom. The van der Waals surface area contributed by atoms with Crippen molar-refractivity contribution >= 4 is 29.9 Å². The molecule has 0 aliphatic carbocycles. The highest BCUT2D eigenvalue weighted by atomic mass is 127. The molecule has 30 heavy (non-hydrogen) atoms. The zero-order valence-corrected chi connectivity index (χ0v) is 20.5. The minimum Gasteiger partial charge on any atom is -0.497 e. The van der Waals surface area contributed by atoms with Crippen LogP contribution in [0.1, 0.15) is 49.8 Å². The maximum atomic E-state index is 5.21. The molecule has 3 rings (SSSR count). The van der Waals surface area contributed by atoms with Gasteiger partial charge in [0.25, 0.3) is 0 Å². The van der Waals surface area contributed by atoms with Crippen molar-refractivity contribution in [2.75, 3.05) is 26.7 Å². The molecule has 1 aliphatic rings. The van der Waals surface area contributed by atoms with Crippen LogP contribution in [-0.2, 0) is 25.8 Å². The average molecular weight is 526 g/mol. The van der Waals surface area contributed by atoms with E-state index in [9.17, 15) is 0 Å². The number of fused-ring (bicyclic) bond motifs is 1. The summed E-state index contributed by atoms with van der Waals surface area (Å²) < 4.78 is 7.54. The van der Waals surface area contributed by atoms with E-state index in [1.54, 1.807) is 7.11 Å². The van der Waals surface area contributed by atoms with E-state index < -0.39 is 0 Å². The summed E-state index contributed by atoms with van der Waals surface area (Å²) >= 11 is 0. The quantitative estimate of drug-likeness (QED) is 0.227. The average Bonchev–Trinajstić information content (AvgIpc) is 2.97. The zero-order valence-electron chi connectivity index (χ0n) is 18.2. The molecular formula is C22H35IN6O. The van der Waals surface area contributed by atoms with Gasteiger partial charge in [0.15, 0.2) is 5.96 Å². The van der Waals surface area contributed by atoms with Crippen molar-refractivity contribution < 1.29 is 4.74 Å². The van der Waals surface area contributed by atoms with Gasteiger partial charge >= 0.3 is 0 Å². The van der Waals surface area contributed by atoms with Gasteiger partial charge in [0.1, 0.15) is 17.4 Å². The van der Waals surface area contributed by atoms with Gasteiger partial charge in [-0.2, -0.15) is 0 Å². The van der Waals surface area contributed by atoms with E-state index in [-0.39, 0.29) is 24.0 Å². The summed E-state index contributed by atoms with van der Waals surface area (Å²) in [5, 5.41) is 15.5. The van der Waals surface area contributed by atoms with Crippen molar-refractivity contribution in [1.82, 2.24) is 25.4 Å². The van der Waals surface area contributed by atoms with E-state index in [2.05, 4.69) is 44.5 Å². The minimum atomic E-state index is 0. The smallest absolute Gasteiger partial charge is 0.191 e. The number of nitrogens with zero attached hydrogens (tertiary/aromatic N) is 4. The van der Waals surface area contributed by atoms with Gasteiger partial charge in [-0.25, -0.2) is 0 Å². The molecule has 0 unspecified atom stereocenters. The Morgan fingerprint density at radius 2 is 1.93 bits per heavy atom. The summed E-state index contributed by atoms with van der Waals surface area (Å²) in [5.74, 6) is 4.05. The number of rotatable bonds is 9. The number of hydrogen-bond donors (Lipinski definition) is 2. The molecule has 1 aromatic carbocycles. The van der Waals surface area contributed by atoms with Gasteiger partial charge < -0.3 is 19.9 Å². The van der Waals surface area contributed by atoms with Crippen LogP contribution < -0.4 is 15.4 Å². The number of methoxy groups -OCH3 is 1. The highest BCUT2D eigenvalue weighted by Gasteiger charge is 2.14. The van der Waals surface area contributed by atoms with Crippen LogP contribution in [0, 0.1) is 0 Å². The van der Waals surface area contributed by atoms with Crippen molar-refractivity contribution in [1.29, 1.82) is 0 Å². The largest absolute Gasteiger partial charge is 0.497 e. The van der Waals surface area contributed by atoms with Gasteiger partial charge in [-0.05, 0) is 50.3 Å². The number of aromatic nitrogens is 3. The van der Waals surface area contributed by atoms with Crippen molar-refractivity contribution in [3.05, 3.63) is 41.5 Å². The van der Waals surface area contributed by atoms with Crippen LogP contribution in [0.3, 0.4) is 0 Å². The molecule has 2 heterocycles. The predicted octanol–water partition coefficient (Wildman–Crippen LogP) is 3.36. The fourth-order valence-electron chi connectivity index (χ4n) is 3.62. The molecule has 7 nitrogen and oxygen atoms in total. The van der Waals surface area contributed by atoms with E-state index in [0.29, 0.717) is 0 Å². The van der Waals surface area contributed by atoms with Crippen LogP contribution in [0.5, 0.6) is 5.75 Å². The Balaban J connectivity index is 0.00000320. The third-order valence-corrected chi connectivity index (χ3v) is 5.22. The Bertz CT molecular complexity index is 774. The third-order valence-electron chi connectivity index (χ3n) is 5.22. The number of guanidine groups is 1. The number of hydrogen-bond acceptors (Lipinski definition) is 4. The van der Waals surface area contributed by atoms with Crippen LogP contribution in [-0.4, -0.2) is 47.5 Å². The predicted molar refractivity (Wildman–Crippen MR) is 132 cm³/mol. The van der Waals surface area contributed by atoms with Gasteiger partial charge in [0.05, 0.1) is 7.11 Å². The van der Waals surface area contributed by atoms with E-state index in [1.165, 1.54) is 24.8 Å². The normalized spacial score (nSPS) is 13.7. The molecule has 1 aromatic heterocycles. The summed E-state index contributed by atoms with van der Waals surface area (Å²) in [6.07, 6.45) is 7.68. The lowest BCUT2D eigenvalue weighted by atomic mass is 10.1. The topological polar surface area (TPSA) is 76.4 Å². The van der Waals surface area contributed by atoms with Gasteiger partial charge in [0, 0.05) is 39.0 Å². The lowest BCUT2D eigenvalue weighted by molar-refractivity contribution is 0.414. The first-order valence-electron chi connectivity index (χ1n) is 10.9. The summed E-state index contributed by atoms with van der Waals surface area (Å²) in [7, 11) is 1.69. The molecule has 1 aliphatic heterocycles. The standard InChI is InChI=1S/C22H34N6O.HI/c1-3-23-22(25-16-14-18-10-12-19(29-2)13-11-18)24-15-7-9-21-27-26-20-8-5-4-6-17-28(20)21;/h10-13H,3-9,14-17H2,1-2H3,(H2,23,24,25);1H. The molecule has 166 valence electrons. The maximum absolute atomic E-state index is 5.21. The molecule has 0 amide bonds. The molecule has 8 heteroatoms. The summed E-state index contributed by atoms with van der Waals surface area (Å²) in [4.78, 5) is 4.72. The fraction of sp³-hybridized carbons (Fsp3) is 0.591. The molecule has 0 bridgehead atoms. The molecular weight excluding hydrogens is 491 g/mol. The highest BCUT2D eigenvalue weighted by molar-refractivity contribution is 14.0. The second kappa shape index (κ2) is 13.5. The molecule has 0 radical (unpaired) electrons. The summed E-state index contributed by atoms with van der Waals surface area (Å²) in [5.41, 5.74) is 1.28. The van der Waals surface area contributed by atoms with Crippen molar-refractivity contribution in [2.24, 2.45) is 4.99 Å². The lowest BCUT2D eigenvalue weighted by Crippen LogP contribution is -2.38. The van der Waals surface area contributed by atoms with Gasteiger partial charge in [-0.3, -0.25) is 4.99 Å².